The summed E-state index contributed by atoms with van der Waals surface area (Å²) in [5, 5.41) is 18.4. The molecular weight excluding hydrogens is 1150 g/mol. The molecule has 6 N–H and O–H groups in total. The number of thioether (sulfide) groups is 1. The fourth-order valence-electron chi connectivity index (χ4n) is 7.73. The van der Waals surface area contributed by atoms with Gasteiger partial charge in [-0.05, 0) is 85.1 Å². The molecule has 6 aromatic rings. The molecule has 30 heteroatoms. The number of rotatable bonds is 16. The molecule has 3 aromatic heterocycles. The van der Waals surface area contributed by atoms with Gasteiger partial charge in [-0.25, -0.2) is 42.5 Å². The van der Waals surface area contributed by atoms with Crippen LogP contribution < -0.4 is 46.6 Å². The molecule has 9 amide bonds. The topological polar surface area (TPSA) is 302 Å². The van der Waals surface area contributed by atoms with E-state index in [1.54, 1.807) is 17.5 Å². The molecule has 6 heterocycles. The average Bonchev–Trinajstić information content (AvgIpc) is 4.43. The van der Waals surface area contributed by atoms with E-state index in [0.717, 1.165) is 23.2 Å². The highest BCUT2D eigenvalue weighted by Gasteiger charge is 2.36. The first-order valence-corrected chi connectivity index (χ1v) is 27.1. The number of ether oxygens (including phenoxy) is 3. The van der Waals surface area contributed by atoms with Gasteiger partial charge in [-0.1, -0.05) is 11.6 Å². The molecule has 0 spiro atoms. The fourth-order valence-corrected chi connectivity index (χ4v) is 8.73. The molecule has 0 bridgehead atoms. The van der Waals surface area contributed by atoms with Gasteiger partial charge in [-0.2, -0.15) is 0 Å². The predicted octanol–water partition coefficient (Wildman–Crippen LogP) is 7.24. The van der Waals surface area contributed by atoms with Crippen molar-refractivity contribution in [1.82, 2.24) is 30.9 Å². The number of benzene rings is 3. The number of nitrogens with zero attached hydrogens (tertiary/aromatic N) is 6. The SMILES string of the molecule is CC(=O)NC[C@H]1CN(c2ccc(C(=O)Nc3ccc(Cl)nc3)c(F)c2)C(=O)O1.CC(=O)NC[C@H]1CN(c2ccc(C(=O)Nc3nccs3)c(F)c2)C(=O)O1.CSc1ccc(NC(=O)c2ccc(N3C[C@H](CNC(C)=O)OC3=O)cc2F)cn1. The zero-order valence-corrected chi connectivity index (χ0v) is 46.6. The normalized spacial score (nSPS) is 16.0. The maximum atomic E-state index is 14.5. The fraction of sp³-hybridized carbons (Fsp3) is 0.245. The second-order valence-corrected chi connectivity index (χ2v) is 19.9. The lowest BCUT2D eigenvalue weighted by Crippen LogP contribution is -2.33. The van der Waals surface area contributed by atoms with Gasteiger partial charge in [0.1, 0.15) is 40.9 Å². The molecule has 83 heavy (non-hydrogen) atoms. The Hall–Kier alpha value is -9.35. The van der Waals surface area contributed by atoms with Crippen molar-refractivity contribution in [2.24, 2.45) is 0 Å². The molecule has 0 saturated carbocycles. The van der Waals surface area contributed by atoms with Crippen molar-refractivity contribution >= 4 is 122 Å². The number of thiazole rings is 1. The highest BCUT2D eigenvalue weighted by atomic mass is 35.5. The average molecular weight is 1200 g/mol. The molecule has 3 saturated heterocycles. The van der Waals surface area contributed by atoms with Crippen LogP contribution in [0.3, 0.4) is 0 Å². The molecule has 0 aliphatic carbocycles. The molecule has 3 aliphatic heterocycles. The number of aromatic nitrogens is 3. The van der Waals surface area contributed by atoms with Crippen LogP contribution >= 0.6 is 34.7 Å². The van der Waals surface area contributed by atoms with E-state index >= 15 is 0 Å². The molecular formula is C53H50ClF3N12O12S2. The monoisotopic (exact) mass is 1200 g/mol. The summed E-state index contributed by atoms with van der Waals surface area (Å²) in [5.41, 5.74) is 1.07. The Balaban J connectivity index is 0.000000179. The van der Waals surface area contributed by atoms with E-state index in [-0.39, 0.29) is 95.9 Å². The Morgan fingerprint density at radius 3 is 1.27 bits per heavy atom. The number of pyridine rings is 2. The van der Waals surface area contributed by atoms with Gasteiger partial charge in [0.15, 0.2) is 5.13 Å². The minimum Gasteiger partial charge on any atom is -0.442 e. The lowest BCUT2D eigenvalue weighted by atomic mass is 10.1. The van der Waals surface area contributed by atoms with Crippen LogP contribution in [0, 0.1) is 17.5 Å². The van der Waals surface area contributed by atoms with Crippen LogP contribution in [-0.2, 0) is 28.6 Å². The summed E-state index contributed by atoms with van der Waals surface area (Å²) in [6, 6.07) is 18.0. The number of halogens is 4. The van der Waals surface area contributed by atoms with E-state index in [1.807, 2.05) is 6.26 Å². The number of carbonyl (C=O) groups excluding carboxylic acids is 9. The quantitative estimate of drug-likeness (QED) is 0.0316. The van der Waals surface area contributed by atoms with Crippen LogP contribution in [-0.4, -0.2) is 133 Å². The zero-order valence-electron chi connectivity index (χ0n) is 44.2. The zero-order chi connectivity index (χ0) is 59.9. The lowest BCUT2D eigenvalue weighted by Gasteiger charge is -2.14. The van der Waals surface area contributed by atoms with Crippen molar-refractivity contribution in [3.63, 3.8) is 0 Å². The third kappa shape index (κ3) is 17.1. The van der Waals surface area contributed by atoms with Crippen LogP contribution in [0.4, 0.5) is 61.1 Å². The molecule has 0 radical (unpaired) electrons. The van der Waals surface area contributed by atoms with Gasteiger partial charge in [0.25, 0.3) is 17.7 Å². The van der Waals surface area contributed by atoms with Gasteiger partial charge in [0.05, 0.1) is 102 Å². The van der Waals surface area contributed by atoms with E-state index in [0.29, 0.717) is 16.5 Å². The van der Waals surface area contributed by atoms with Gasteiger partial charge in [0.2, 0.25) is 17.7 Å². The number of nitrogens with one attached hydrogen (secondary N) is 6. The summed E-state index contributed by atoms with van der Waals surface area (Å²) in [7, 11) is 0. The predicted molar refractivity (Wildman–Crippen MR) is 299 cm³/mol. The van der Waals surface area contributed by atoms with Crippen molar-refractivity contribution in [3.8, 4) is 0 Å². The van der Waals surface area contributed by atoms with Crippen molar-refractivity contribution in [3.05, 3.63) is 142 Å². The smallest absolute Gasteiger partial charge is 0.414 e. The Kier molecular flexibility index (Phi) is 20.9. The third-order valence-electron chi connectivity index (χ3n) is 11.7. The first-order chi connectivity index (χ1) is 39.6. The highest BCUT2D eigenvalue weighted by molar-refractivity contribution is 7.98. The lowest BCUT2D eigenvalue weighted by molar-refractivity contribution is -0.120. The summed E-state index contributed by atoms with van der Waals surface area (Å²) in [6.45, 7) is 5.07. The molecule has 434 valence electrons. The Morgan fingerprint density at radius 2 is 0.952 bits per heavy atom. The molecule has 9 rings (SSSR count). The van der Waals surface area contributed by atoms with Crippen LogP contribution in [0.15, 0.2) is 108 Å². The van der Waals surface area contributed by atoms with Crippen LogP contribution in [0.1, 0.15) is 51.8 Å². The summed E-state index contributed by atoms with van der Waals surface area (Å²) < 4.78 is 58.8. The number of carbonyl (C=O) groups is 9. The molecule has 3 aliphatic rings. The maximum absolute atomic E-state index is 14.5. The van der Waals surface area contributed by atoms with Crippen LogP contribution in [0.25, 0.3) is 0 Å². The highest BCUT2D eigenvalue weighted by Crippen LogP contribution is 2.28. The van der Waals surface area contributed by atoms with Crippen LogP contribution in [0.5, 0.6) is 0 Å². The van der Waals surface area contributed by atoms with Gasteiger partial charge < -0.3 is 40.8 Å². The minimum absolute atomic E-state index is 0.153. The number of hydrogen-bond donors (Lipinski definition) is 6. The Labute approximate surface area is 483 Å². The largest absolute Gasteiger partial charge is 0.442 e. The van der Waals surface area contributed by atoms with Gasteiger partial charge in [-0.15, -0.1) is 23.1 Å². The Morgan fingerprint density at radius 1 is 0.566 bits per heavy atom. The summed E-state index contributed by atoms with van der Waals surface area (Å²) in [5.74, 6) is -4.97. The van der Waals surface area contributed by atoms with E-state index in [2.05, 4.69) is 46.9 Å². The number of hydrogen-bond acceptors (Lipinski definition) is 17. The summed E-state index contributed by atoms with van der Waals surface area (Å²) in [4.78, 5) is 121. The van der Waals surface area contributed by atoms with Gasteiger partial charge in [0, 0.05) is 32.3 Å². The van der Waals surface area contributed by atoms with Gasteiger partial charge >= 0.3 is 18.3 Å². The number of amides is 9. The maximum Gasteiger partial charge on any atom is 0.414 e. The first kappa shape index (κ1) is 61.3. The molecule has 3 atom stereocenters. The summed E-state index contributed by atoms with van der Waals surface area (Å²) >= 11 is 8.36. The van der Waals surface area contributed by atoms with E-state index in [9.17, 15) is 56.3 Å². The van der Waals surface area contributed by atoms with Crippen molar-refractivity contribution in [2.45, 2.75) is 44.1 Å². The van der Waals surface area contributed by atoms with Crippen molar-refractivity contribution in [2.75, 3.05) is 76.2 Å². The van der Waals surface area contributed by atoms with E-state index in [4.69, 9.17) is 25.8 Å². The third-order valence-corrected chi connectivity index (χ3v) is 13.3. The molecule has 24 nitrogen and oxygen atoms in total. The molecule has 3 fully saturated rings. The second kappa shape index (κ2) is 28.4. The standard InChI is InChI=1S/C19H19FN4O4S.C18H16ClFN4O4.C16H15FN4O4S/c1-11(25)21-9-14-10-24(19(27)28-14)13-4-5-15(16(20)7-13)18(26)23-12-3-6-17(29-2)22-8-12;1-10(25)21-8-13-9-24(18(27)28-13)12-3-4-14(15(20)6-12)17(26)23-11-2-5-16(19)22-7-11;1-9(22)19-7-11-8-21(16(24)25-11)10-2-3-12(13(17)6-10)14(23)20-15-18-4-5-26-15/h3-8,14H,9-10H2,1-2H3,(H,21,25)(H,23,26);2-7,13H,8-9H2,1H3,(H,21,25)(H,23,26);2-6,11H,7-8H2,1H3,(H,19,22)(H,18,20,23)/t14-;13-;11-/m000/s1. The number of anilines is 6. The number of cyclic esters (lactones) is 3. The second-order valence-electron chi connectivity index (χ2n) is 17.8. The summed E-state index contributed by atoms with van der Waals surface area (Å²) in [6.07, 6.45) is 2.71. The Bertz CT molecular complexity index is 3410. The minimum atomic E-state index is -0.796. The van der Waals surface area contributed by atoms with Crippen LogP contribution in [0.2, 0.25) is 5.15 Å². The van der Waals surface area contributed by atoms with Crippen molar-refractivity contribution in [1.29, 1.82) is 0 Å². The first-order valence-electron chi connectivity index (χ1n) is 24.7. The molecule has 3 aromatic carbocycles. The van der Waals surface area contributed by atoms with E-state index < -0.39 is 71.8 Å². The van der Waals surface area contributed by atoms with Gasteiger partial charge in [-0.3, -0.25) is 48.8 Å². The van der Waals surface area contributed by atoms with Crippen molar-refractivity contribution < 1.29 is 70.5 Å². The molecule has 0 unspecified atom stereocenters. The van der Waals surface area contributed by atoms with E-state index in [1.165, 1.54) is 126 Å².